The Balaban J connectivity index is 2.18. The van der Waals surface area contributed by atoms with Crippen molar-refractivity contribution in [3.63, 3.8) is 0 Å². The molecular formula is C16H36N4. The molecule has 0 aromatic rings. The first-order valence-electron chi connectivity index (χ1n) is 8.60. The molecule has 0 aromatic heterocycles. The third kappa shape index (κ3) is 8.90. The van der Waals surface area contributed by atoms with E-state index < -0.39 is 0 Å². The summed E-state index contributed by atoms with van der Waals surface area (Å²) in [7, 11) is 4.09. The Bertz CT molecular complexity index is 177. The molecule has 0 aliphatic carbocycles. The van der Waals surface area contributed by atoms with Gasteiger partial charge >= 0.3 is 0 Å². The topological polar surface area (TPSA) is 30.5 Å². The van der Waals surface area contributed by atoms with Crippen molar-refractivity contribution in [2.75, 3.05) is 66.5 Å². The molecule has 120 valence electrons. The van der Waals surface area contributed by atoms with Gasteiger partial charge in [-0.05, 0) is 105 Å². The molecule has 0 atom stereocenters. The number of hydrogen-bond donors (Lipinski definition) is 2. The minimum atomic E-state index is 1.15. The molecular weight excluding hydrogens is 248 g/mol. The second-order valence-corrected chi connectivity index (χ2v) is 6.01. The first-order valence-corrected chi connectivity index (χ1v) is 8.60. The van der Waals surface area contributed by atoms with Gasteiger partial charge in [0, 0.05) is 0 Å². The molecule has 1 saturated heterocycles. The summed E-state index contributed by atoms with van der Waals surface area (Å²) in [5.74, 6) is 0. The summed E-state index contributed by atoms with van der Waals surface area (Å²) >= 11 is 0. The van der Waals surface area contributed by atoms with Crippen LogP contribution in [0.2, 0.25) is 0 Å². The summed E-state index contributed by atoms with van der Waals surface area (Å²) < 4.78 is 0. The van der Waals surface area contributed by atoms with Crippen LogP contribution in [0.15, 0.2) is 0 Å². The lowest BCUT2D eigenvalue weighted by molar-refractivity contribution is 0.208. The molecule has 0 bridgehead atoms. The third-order valence-electron chi connectivity index (χ3n) is 4.20. The minimum Gasteiger partial charge on any atom is -0.320 e. The van der Waals surface area contributed by atoms with Crippen LogP contribution in [0.3, 0.4) is 0 Å². The van der Waals surface area contributed by atoms with Crippen molar-refractivity contribution < 1.29 is 0 Å². The molecule has 0 spiro atoms. The lowest BCUT2D eigenvalue weighted by atomic mass is 10.2. The largest absolute Gasteiger partial charge is 0.320 e. The fourth-order valence-electron chi connectivity index (χ4n) is 2.97. The van der Waals surface area contributed by atoms with Crippen LogP contribution in [0, 0.1) is 0 Å². The lowest BCUT2D eigenvalue weighted by Gasteiger charge is -2.27. The van der Waals surface area contributed by atoms with Crippen molar-refractivity contribution in [3.8, 4) is 0 Å². The molecule has 1 fully saturated rings. The summed E-state index contributed by atoms with van der Waals surface area (Å²) in [5.41, 5.74) is 0. The standard InChI is InChI=1S/C16H36N4/c1-17-9-7-15-19-11-3-5-13-20(14-6-4-12-19)16-8-10-18-2/h17-18H,3-16H2,1-2H3. The summed E-state index contributed by atoms with van der Waals surface area (Å²) in [5, 5.41) is 6.50. The maximum Gasteiger partial charge on any atom is -0.000664 e. The van der Waals surface area contributed by atoms with Crippen LogP contribution in [0.25, 0.3) is 0 Å². The number of nitrogens with one attached hydrogen (secondary N) is 2. The average Bonchev–Trinajstić information content (AvgIpc) is 2.47. The molecule has 4 heteroatoms. The van der Waals surface area contributed by atoms with Gasteiger partial charge in [0.15, 0.2) is 0 Å². The van der Waals surface area contributed by atoms with Gasteiger partial charge in [0.1, 0.15) is 0 Å². The maximum absolute atomic E-state index is 3.25. The second-order valence-electron chi connectivity index (χ2n) is 6.01. The first kappa shape index (κ1) is 17.9. The van der Waals surface area contributed by atoms with Crippen molar-refractivity contribution in [1.29, 1.82) is 0 Å². The number of nitrogens with zero attached hydrogens (tertiary/aromatic N) is 2. The second kappa shape index (κ2) is 12.6. The molecule has 0 aromatic carbocycles. The Morgan fingerprint density at radius 1 is 0.650 bits per heavy atom. The Hall–Kier alpha value is -0.160. The van der Waals surface area contributed by atoms with Crippen LogP contribution < -0.4 is 10.6 Å². The van der Waals surface area contributed by atoms with Crippen LogP contribution in [-0.2, 0) is 0 Å². The van der Waals surface area contributed by atoms with Crippen molar-refractivity contribution >= 4 is 0 Å². The highest BCUT2D eigenvalue weighted by molar-refractivity contribution is 4.66. The van der Waals surface area contributed by atoms with E-state index in [2.05, 4.69) is 20.4 Å². The normalized spacial score (nSPS) is 20.1. The van der Waals surface area contributed by atoms with Crippen LogP contribution >= 0.6 is 0 Å². The van der Waals surface area contributed by atoms with Crippen LogP contribution in [0.5, 0.6) is 0 Å². The molecule has 4 nitrogen and oxygen atoms in total. The van der Waals surface area contributed by atoms with Gasteiger partial charge in [0.25, 0.3) is 0 Å². The molecule has 1 aliphatic heterocycles. The third-order valence-corrected chi connectivity index (χ3v) is 4.20. The molecule has 20 heavy (non-hydrogen) atoms. The van der Waals surface area contributed by atoms with Gasteiger partial charge in [0.05, 0.1) is 0 Å². The SMILES string of the molecule is CNCCCN1CCCCN(CCCNC)CCCC1. The summed E-state index contributed by atoms with van der Waals surface area (Å²) in [6, 6.07) is 0. The quantitative estimate of drug-likeness (QED) is 0.659. The van der Waals surface area contributed by atoms with E-state index in [-0.39, 0.29) is 0 Å². The molecule has 0 radical (unpaired) electrons. The maximum atomic E-state index is 3.25. The molecule has 2 N–H and O–H groups in total. The van der Waals surface area contributed by atoms with Gasteiger partial charge in [-0.3, -0.25) is 0 Å². The molecule has 0 saturated carbocycles. The summed E-state index contributed by atoms with van der Waals surface area (Å²) in [6.45, 7) is 10.0. The zero-order chi connectivity index (χ0) is 14.5. The molecule has 1 aliphatic rings. The predicted octanol–water partition coefficient (Wildman–Crippen LogP) is 1.38. The number of hydrogen-bond acceptors (Lipinski definition) is 4. The minimum absolute atomic E-state index is 1.15. The highest BCUT2D eigenvalue weighted by atomic mass is 15.1. The van der Waals surface area contributed by atoms with Crippen LogP contribution in [0.1, 0.15) is 38.5 Å². The van der Waals surface area contributed by atoms with E-state index in [0.717, 1.165) is 13.1 Å². The Kier molecular flexibility index (Phi) is 11.2. The monoisotopic (exact) mass is 284 g/mol. The van der Waals surface area contributed by atoms with Gasteiger partial charge in [-0.2, -0.15) is 0 Å². The molecule has 0 amide bonds. The van der Waals surface area contributed by atoms with Crippen molar-refractivity contribution in [2.24, 2.45) is 0 Å². The van der Waals surface area contributed by atoms with Crippen LogP contribution in [-0.4, -0.2) is 76.3 Å². The van der Waals surface area contributed by atoms with Crippen LogP contribution in [0.4, 0.5) is 0 Å². The Morgan fingerprint density at radius 2 is 1.00 bits per heavy atom. The van der Waals surface area contributed by atoms with Gasteiger partial charge in [-0.25, -0.2) is 0 Å². The smallest absolute Gasteiger partial charge is 0.000664 e. The first-order chi connectivity index (χ1) is 9.86. The van der Waals surface area contributed by atoms with E-state index in [1.165, 1.54) is 77.8 Å². The number of rotatable bonds is 8. The predicted molar refractivity (Wildman–Crippen MR) is 88.4 cm³/mol. The Labute approximate surface area is 126 Å². The van der Waals surface area contributed by atoms with Gasteiger partial charge < -0.3 is 20.4 Å². The Morgan fingerprint density at radius 3 is 1.30 bits per heavy atom. The lowest BCUT2D eigenvalue weighted by Crippen LogP contribution is -2.34. The molecule has 1 heterocycles. The van der Waals surface area contributed by atoms with E-state index in [1.54, 1.807) is 0 Å². The van der Waals surface area contributed by atoms with Gasteiger partial charge in [-0.15, -0.1) is 0 Å². The highest BCUT2D eigenvalue weighted by Crippen LogP contribution is 2.07. The van der Waals surface area contributed by atoms with E-state index >= 15 is 0 Å². The molecule has 1 rings (SSSR count). The highest BCUT2D eigenvalue weighted by Gasteiger charge is 2.10. The van der Waals surface area contributed by atoms with Gasteiger partial charge in [-0.1, -0.05) is 0 Å². The van der Waals surface area contributed by atoms with E-state index in [0.29, 0.717) is 0 Å². The molecule has 0 unspecified atom stereocenters. The van der Waals surface area contributed by atoms with Gasteiger partial charge in [0.2, 0.25) is 0 Å². The fraction of sp³-hybridized carbons (Fsp3) is 1.00. The average molecular weight is 284 g/mol. The van der Waals surface area contributed by atoms with Crippen molar-refractivity contribution in [1.82, 2.24) is 20.4 Å². The summed E-state index contributed by atoms with van der Waals surface area (Å²) in [4.78, 5) is 5.35. The fourth-order valence-corrected chi connectivity index (χ4v) is 2.97. The summed E-state index contributed by atoms with van der Waals surface area (Å²) in [6.07, 6.45) is 8.02. The van der Waals surface area contributed by atoms with Crippen molar-refractivity contribution in [2.45, 2.75) is 38.5 Å². The zero-order valence-corrected chi connectivity index (χ0v) is 13.8. The van der Waals surface area contributed by atoms with E-state index in [4.69, 9.17) is 0 Å². The van der Waals surface area contributed by atoms with E-state index in [9.17, 15) is 0 Å². The zero-order valence-electron chi connectivity index (χ0n) is 13.8. The van der Waals surface area contributed by atoms with Crippen molar-refractivity contribution in [3.05, 3.63) is 0 Å². The van der Waals surface area contributed by atoms with E-state index in [1.807, 2.05) is 14.1 Å².